The summed E-state index contributed by atoms with van der Waals surface area (Å²) in [6, 6.07) is 5.15. The molecule has 2 aliphatic rings. The van der Waals surface area contributed by atoms with Crippen molar-refractivity contribution >= 4 is 15.9 Å². The number of benzene rings is 1. The molecule has 2 fully saturated rings. The fraction of sp³-hybridized carbons (Fsp3) is 0.500. The van der Waals surface area contributed by atoms with Crippen molar-refractivity contribution in [2.75, 3.05) is 0 Å². The van der Waals surface area contributed by atoms with E-state index in [1.807, 2.05) is 0 Å². The Morgan fingerprint density at radius 2 is 1.76 bits per heavy atom. The van der Waals surface area contributed by atoms with Gasteiger partial charge in [0, 0.05) is 5.54 Å². The fourth-order valence-electron chi connectivity index (χ4n) is 2.76. The van der Waals surface area contributed by atoms with Crippen molar-refractivity contribution < 1.29 is 17.6 Å². The van der Waals surface area contributed by atoms with Crippen molar-refractivity contribution in [1.82, 2.24) is 4.72 Å². The van der Waals surface area contributed by atoms with E-state index in [1.54, 1.807) is 0 Å². The maximum absolute atomic E-state index is 12.8. The molecule has 1 aromatic carbocycles. The molecule has 1 aromatic rings. The SMILES string of the molecule is NC1(C2(C(=O)NS(=O)(=O)Cc3ccc(F)cc3)CC2)CC1. The van der Waals surface area contributed by atoms with Crippen LogP contribution in [0.3, 0.4) is 0 Å². The highest BCUT2D eigenvalue weighted by Gasteiger charge is 2.68. The number of carbonyl (C=O) groups is 1. The van der Waals surface area contributed by atoms with Crippen LogP contribution in [0.5, 0.6) is 0 Å². The monoisotopic (exact) mass is 312 g/mol. The quantitative estimate of drug-likeness (QED) is 0.850. The van der Waals surface area contributed by atoms with E-state index < -0.39 is 32.7 Å². The minimum absolute atomic E-state index is 0.354. The molecule has 0 aromatic heterocycles. The van der Waals surface area contributed by atoms with Gasteiger partial charge in [0.15, 0.2) is 0 Å². The maximum Gasteiger partial charge on any atom is 0.241 e. The molecule has 5 nitrogen and oxygen atoms in total. The van der Waals surface area contributed by atoms with Crippen LogP contribution in [0.2, 0.25) is 0 Å². The van der Waals surface area contributed by atoms with E-state index in [4.69, 9.17) is 5.73 Å². The first-order valence-electron chi connectivity index (χ1n) is 6.85. The molecule has 114 valence electrons. The minimum atomic E-state index is -3.80. The molecule has 0 heterocycles. The van der Waals surface area contributed by atoms with Gasteiger partial charge in [0.25, 0.3) is 0 Å². The molecule has 0 bridgehead atoms. The molecule has 7 heteroatoms. The molecule has 3 rings (SSSR count). The average Bonchev–Trinajstić information content (AvgIpc) is 3.26. The normalized spacial score (nSPS) is 21.6. The van der Waals surface area contributed by atoms with Gasteiger partial charge in [0.05, 0.1) is 11.2 Å². The van der Waals surface area contributed by atoms with Crippen molar-refractivity contribution in [3.8, 4) is 0 Å². The summed E-state index contributed by atoms with van der Waals surface area (Å²) >= 11 is 0. The summed E-state index contributed by atoms with van der Waals surface area (Å²) in [6.45, 7) is 0. The number of rotatable bonds is 5. The number of nitrogens with one attached hydrogen (secondary N) is 1. The standard InChI is InChI=1S/C14H17FN2O3S/c15-11-3-1-10(2-4-11)9-21(19,20)17-12(18)13(5-6-13)14(16)7-8-14/h1-4H,5-9,16H2,(H,17,18). The molecule has 0 radical (unpaired) electrons. The van der Waals surface area contributed by atoms with E-state index in [1.165, 1.54) is 24.3 Å². The van der Waals surface area contributed by atoms with Gasteiger partial charge in [-0.2, -0.15) is 0 Å². The smallest absolute Gasteiger partial charge is 0.241 e. The van der Waals surface area contributed by atoms with Gasteiger partial charge in [-0.25, -0.2) is 12.8 Å². The summed E-state index contributed by atoms with van der Waals surface area (Å²) in [4.78, 5) is 12.2. The highest BCUT2D eigenvalue weighted by molar-refractivity contribution is 7.89. The Hall–Kier alpha value is -1.47. The van der Waals surface area contributed by atoms with Crippen LogP contribution in [0.4, 0.5) is 4.39 Å². The largest absolute Gasteiger partial charge is 0.324 e. The van der Waals surface area contributed by atoms with Crippen LogP contribution in [0, 0.1) is 11.2 Å². The molecule has 0 atom stereocenters. The Morgan fingerprint density at radius 3 is 2.24 bits per heavy atom. The zero-order valence-corrected chi connectivity index (χ0v) is 12.2. The predicted molar refractivity (Wildman–Crippen MR) is 75.0 cm³/mol. The second kappa shape index (κ2) is 4.51. The van der Waals surface area contributed by atoms with E-state index in [0.717, 1.165) is 12.8 Å². The second-order valence-corrected chi connectivity index (χ2v) is 7.78. The first kappa shape index (κ1) is 14.5. The third kappa shape index (κ3) is 2.67. The predicted octanol–water partition coefficient (Wildman–Crippen LogP) is 1.04. The number of sulfonamides is 1. The average molecular weight is 312 g/mol. The molecule has 3 N–H and O–H groups in total. The van der Waals surface area contributed by atoms with Gasteiger partial charge in [0.1, 0.15) is 5.82 Å². The maximum atomic E-state index is 12.8. The third-order valence-corrected chi connectivity index (χ3v) is 5.65. The van der Waals surface area contributed by atoms with Crippen LogP contribution in [-0.4, -0.2) is 19.9 Å². The van der Waals surface area contributed by atoms with Crippen LogP contribution < -0.4 is 10.5 Å². The minimum Gasteiger partial charge on any atom is -0.324 e. The van der Waals surface area contributed by atoms with Gasteiger partial charge < -0.3 is 5.73 Å². The first-order valence-corrected chi connectivity index (χ1v) is 8.50. The van der Waals surface area contributed by atoms with E-state index in [-0.39, 0.29) is 5.75 Å². The van der Waals surface area contributed by atoms with Crippen molar-refractivity contribution in [3.63, 3.8) is 0 Å². The van der Waals surface area contributed by atoms with Gasteiger partial charge in [-0.15, -0.1) is 0 Å². The molecule has 2 saturated carbocycles. The molecule has 0 aliphatic heterocycles. The summed E-state index contributed by atoms with van der Waals surface area (Å²) < 4.78 is 39.0. The molecule has 0 spiro atoms. The lowest BCUT2D eigenvalue weighted by Gasteiger charge is -2.21. The topological polar surface area (TPSA) is 89.3 Å². The zero-order chi connectivity index (χ0) is 15.3. The van der Waals surface area contributed by atoms with Crippen molar-refractivity contribution in [2.24, 2.45) is 11.1 Å². The number of nitrogens with two attached hydrogens (primary N) is 1. The van der Waals surface area contributed by atoms with E-state index in [9.17, 15) is 17.6 Å². The van der Waals surface area contributed by atoms with Crippen LogP contribution >= 0.6 is 0 Å². The Morgan fingerprint density at radius 1 is 1.19 bits per heavy atom. The van der Waals surface area contributed by atoms with Crippen LogP contribution in [-0.2, 0) is 20.6 Å². The van der Waals surface area contributed by atoms with E-state index in [2.05, 4.69) is 4.72 Å². The molecule has 1 amide bonds. The summed E-state index contributed by atoms with van der Waals surface area (Å²) in [5.41, 5.74) is 5.27. The second-order valence-electron chi connectivity index (χ2n) is 6.05. The Labute approximate surface area is 122 Å². The van der Waals surface area contributed by atoms with Gasteiger partial charge in [-0.05, 0) is 43.4 Å². The van der Waals surface area contributed by atoms with Crippen LogP contribution in [0.1, 0.15) is 31.2 Å². The first-order chi connectivity index (χ1) is 9.76. The van der Waals surface area contributed by atoms with E-state index >= 15 is 0 Å². The lowest BCUT2D eigenvalue weighted by Crippen LogP contribution is -2.47. The Bertz CT molecular complexity index is 677. The number of amides is 1. The van der Waals surface area contributed by atoms with Gasteiger partial charge in [-0.3, -0.25) is 9.52 Å². The highest BCUT2D eigenvalue weighted by Crippen LogP contribution is 2.62. The van der Waals surface area contributed by atoms with Gasteiger partial charge in [-0.1, -0.05) is 12.1 Å². The Kier molecular flexibility index (Phi) is 3.11. The van der Waals surface area contributed by atoms with E-state index in [0.29, 0.717) is 18.4 Å². The van der Waals surface area contributed by atoms with Crippen LogP contribution in [0.25, 0.3) is 0 Å². The summed E-state index contributed by atoms with van der Waals surface area (Å²) in [5.74, 6) is -1.28. The van der Waals surface area contributed by atoms with Crippen molar-refractivity contribution in [2.45, 2.75) is 37.0 Å². The number of halogens is 1. The molecule has 0 saturated heterocycles. The van der Waals surface area contributed by atoms with Crippen LogP contribution in [0.15, 0.2) is 24.3 Å². The summed E-state index contributed by atoms with van der Waals surface area (Å²) in [7, 11) is -3.80. The molecular weight excluding hydrogens is 295 g/mol. The summed E-state index contributed by atoms with van der Waals surface area (Å²) in [5, 5.41) is 0. The Balaban J connectivity index is 1.69. The fourth-order valence-corrected chi connectivity index (χ4v) is 3.95. The molecule has 0 unspecified atom stereocenters. The number of hydrogen-bond donors (Lipinski definition) is 2. The molecule has 21 heavy (non-hydrogen) atoms. The van der Waals surface area contributed by atoms with Gasteiger partial charge in [0.2, 0.25) is 15.9 Å². The lowest BCUT2D eigenvalue weighted by molar-refractivity contribution is -0.125. The molecule has 2 aliphatic carbocycles. The summed E-state index contributed by atoms with van der Waals surface area (Å²) in [6.07, 6.45) is 2.81. The van der Waals surface area contributed by atoms with Crippen molar-refractivity contribution in [3.05, 3.63) is 35.6 Å². The van der Waals surface area contributed by atoms with Gasteiger partial charge >= 0.3 is 0 Å². The number of hydrogen-bond acceptors (Lipinski definition) is 4. The number of carbonyl (C=O) groups excluding carboxylic acids is 1. The lowest BCUT2D eigenvalue weighted by atomic mass is 9.94. The third-order valence-electron chi connectivity index (χ3n) is 4.44. The van der Waals surface area contributed by atoms with Crippen molar-refractivity contribution in [1.29, 1.82) is 0 Å². The zero-order valence-electron chi connectivity index (χ0n) is 11.4. The highest BCUT2D eigenvalue weighted by atomic mass is 32.2. The molecular formula is C14H17FN2O3S.